The van der Waals surface area contributed by atoms with Gasteiger partial charge in [0.1, 0.15) is 11.4 Å². The zero-order chi connectivity index (χ0) is 21.3. The Balaban J connectivity index is 0.00000450. The van der Waals surface area contributed by atoms with Crippen LogP contribution in [0.1, 0.15) is 18.2 Å². The monoisotopic (exact) mass is 538 g/mol. The third-order valence-corrected chi connectivity index (χ3v) is 3.90. The minimum Gasteiger partial charge on any atom is -0.496 e. The van der Waals surface area contributed by atoms with Gasteiger partial charge >= 0.3 is 6.18 Å². The van der Waals surface area contributed by atoms with Crippen molar-refractivity contribution in [3.8, 4) is 5.75 Å². The molecule has 0 aliphatic rings. The maximum Gasteiger partial charge on any atom is 0.433 e. The molecule has 11 heteroatoms. The quantitative estimate of drug-likeness (QED) is 0.232. The molecular formula is C19H26F3IN6O. The van der Waals surface area contributed by atoms with Crippen LogP contribution in [-0.2, 0) is 12.7 Å². The van der Waals surface area contributed by atoms with Gasteiger partial charge in [-0.05, 0) is 19.1 Å². The number of methoxy groups -OCH3 is 1. The van der Waals surface area contributed by atoms with Gasteiger partial charge in [0.25, 0.3) is 0 Å². The first kappa shape index (κ1) is 25.7. The normalized spacial score (nSPS) is 11.5. The Bertz CT molecular complexity index is 819. The van der Waals surface area contributed by atoms with Crippen molar-refractivity contribution in [2.24, 2.45) is 4.99 Å². The van der Waals surface area contributed by atoms with Crippen LogP contribution in [-0.4, -0.2) is 54.6 Å². The lowest BCUT2D eigenvalue weighted by Crippen LogP contribution is -2.38. The fourth-order valence-electron chi connectivity index (χ4n) is 2.56. The molecular weight excluding hydrogens is 512 g/mol. The molecule has 1 aromatic carbocycles. The van der Waals surface area contributed by atoms with Gasteiger partial charge in [0.2, 0.25) is 5.95 Å². The van der Waals surface area contributed by atoms with Crippen molar-refractivity contribution in [3.63, 3.8) is 0 Å². The summed E-state index contributed by atoms with van der Waals surface area (Å²) in [6, 6.07) is 8.55. The first-order chi connectivity index (χ1) is 13.8. The van der Waals surface area contributed by atoms with Crippen molar-refractivity contribution < 1.29 is 17.9 Å². The third kappa shape index (κ3) is 7.84. The van der Waals surface area contributed by atoms with Crippen LogP contribution in [0, 0.1) is 0 Å². The maximum absolute atomic E-state index is 12.7. The number of guanidine groups is 1. The summed E-state index contributed by atoms with van der Waals surface area (Å²) in [6.07, 6.45) is -3.43. The zero-order valence-corrected chi connectivity index (χ0v) is 19.4. The minimum atomic E-state index is -4.50. The molecule has 0 aliphatic carbocycles. The van der Waals surface area contributed by atoms with E-state index in [1.165, 1.54) is 0 Å². The lowest BCUT2D eigenvalue weighted by atomic mass is 10.2. The van der Waals surface area contributed by atoms with E-state index in [9.17, 15) is 13.2 Å². The number of benzene rings is 1. The lowest BCUT2D eigenvalue weighted by Gasteiger charge is -2.23. The van der Waals surface area contributed by atoms with E-state index >= 15 is 0 Å². The fourth-order valence-corrected chi connectivity index (χ4v) is 2.56. The van der Waals surface area contributed by atoms with Crippen molar-refractivity contribution >= 4 is 35.9 Å². The minimum absolute atomic E-state index is 0. The van der Waals surface area contributed by atoms with Crippen LogP contribution < -0.4 is 15.4 Å². The molecule has 166 valence electrons. The highest BCUT2D eigenvalue weighted by Gasteiger charge is 2.32. The number of hydrogen-bond acceptors (Lipinski definition) is 5. The van der Waals surface area contributed by atoms with Gasteiger partial charge in [-0.3, -0.25) is 4.99 Å². The van der Waals surface area contributed by atoms with Gasteiger partial charge in [0.15, 0.2) is 5.96 Å². The lowest BCUT2D eigenvalue weighted by molar-refractivity contribution is -0.141. The van der Waals surface area contributed by atoms with E-state index in [0.717, 1.165) is 23.6 Å². The third-order valence-electron chi connectivity index (χ3n) is 3.90. The summed E-state index contributed by atoms with van der Waals surface area (Å²) in [4.78, 5) is 13.7. The van der Waals surface area contributed by atoms with E-state index < -0.39 is 11.9 Å². The summed E-state index contributed by atoms with van der Waals surface area (Å²) in [7, 11) is 3.52. The molecule has 0 atom stereocenters. The Labute approximate surface area is 191 Å². The molecule has 2 aromatic rings. The number of nitrogens with one attached hydrogen (secondary N) is 2. The van der Waals surface area contributed by atoms with Crippen LogP contribution in [0.2, 0.25) is 0 Å². The van der Waals surface area contributed by atoms with Crippen molar-refractivity contribution in [1.29, 1.82) is 0 Å². The summed E-state index contributed by atoms with van der Waals surface area (Å²) < 4.78 is 43.5. The smallest absolute Gasteiger partial charge is 0.433 e. The number of halogens is 4. The highest BCUT2D eigenvalue weighted by Crippen LogP contribution is 2.27. The maximum atomic E-state index is 12.7. The van der Waals surface area contributed by atoms with Gasteiger partial charge in [0.05, 0.1) is 13.7 Å². The van der Waals surface area contributed by atoms with Crippen molar-refractivity contribution in [2.75, 3.05) is 39.1 Å². The van der Waals surface area contributed by atoms with Crippen LogP contribution in [0.15, 0.2) is 41.5 Å². The highest BCUT2D eigenvalue weighted by molar-refractivity contribution is 14.0. The Morgan fingerprint density at radius 1 is 1.23 bits per heavy atom. The number of para-hydroxylation sites is 1. The van der Waals surface area contributed by atoms with Gasteiger partial charge in [-0.25, -0.2) is 9.97 Å². The summed E-state index contributed by atoms with van der Waals surface area (Å²) in [5.74, 6) is 1.38. The zero-order valence-electron chi connectivity index (χ0n) is 17.0. The average Bonchev–Trinajstić information content (AvgIpc) is 2.70. The Hall–Kier alpha value is -2.31. The Kier molecular flexibility index (Phi) is 10.6. The number of alkyl halides is 3. The molecule has 1 heterocycles. The van der Waals surface area contributed by atoms with E-state index in [1.54, 1.807) is 7.11 Å². The number of hydrogen-bond donors (Lipinski definition) is 2. The van der Waals surface area contributed by atoms with Gasteiger partial charge in [-0.1, -0.05) is 18.2 Å². The molecule has 0 fully saturated rings. The molecule has 0 amide bonds. The van der Waals surface area contributed by atoms with E-state index in [0.29, 0.717) is 32.1 Å². The second kappa shape index (κ2) is 12.4. The summed E-state index contributed by atoms with van der Waals surface area (Å²) in [6.45, 7) is 3.84. The van der Waals surface area contributed by atoms with Crippen LogP contribution >= 0.6 is 24.0 Å². The van der Waals surface area contributed by atoms with Crippen molar-refractivity contribution in [1.82, 2.24) is 20.2 Å². The van der Waals surface area contributed by atoms with Gasteiger partial charge < -0.3 is 20.3 Å². The topological polar surface area (TPSA) is 74.7 Å². The summed E-state index contributed by atoms with van der Waals surface area (Å²) in [5, 5.41) is 5.96. The molecule has 0 unspecified atom stereocenters. The average molecular weight is 538 g/mol. The molecule has 0 saturated heterocycles. The predicted molar refractivity (Wildman–Crippen MR) is 121 cm³/mol. The second-order valence-electron chi connectivity index (χ2n) is 6.09. The van der Waals surface area contributed by atoms with Crippen LogP contribution in [0.5, 0.6) is 5.75 Å². The molecule has 7 nitrogen and oxygen atoms in total. The van der Waals surface area contributed by atoms with Crippen LogP contribution in [0.3, 0.4) is 0 Å². The standard InChI is InChI=1S/C19H25F3N6O.HI/c1-4-23-18(28(2)13-14-7-5-6-8-15(14)29-3)26-12-11-25-17-24-10-9-16(27-17)19(20,21)22;/h5-10H,4,11-13H2,1-3H3,(H,23,26)(H,24,25,27);1H. The highest BCUT2D eigenvalue weighted by atomic mass is 127. The SMILES string of the molecule is CCNC(=NCCNc1nccc(C(F)(F)F)n1)N(C)Cc1ccccc1OC.I. The van der Waals surface area contributed by atoms with Crippen LogP contribution in [0.25, 0.3) is 0 Å². The molecule has 0 aliphatic heterocycles. The number of aromatic nitrogens is 2. The number of rotatable bonds is 8. The molecule has 0 bridgehead atoms. The molecule has 2 rings (SSSR count). The molecule has 0 radical (unpaired) electrons. The van der Waals surface area contributed by atoms with Gasteiger partial charge in [-0.2, -0.15) is 13.2 Å². The summed E-state index contributed by atoms with van der Waals surface area (Å²) in [5.41, 5.74) is 0.0296. The van der Waals surface area contributed by atoms with Gasteiger partial charge in [0, 0.05) is 38.4 Å². The van der Waals surface area contributed by atoms with E-state index in [-0.39, 0.29) is 29.9 Å². The molecule has 30 heavy (non-hydrogen) atoms. The predicted octanol–water partition coefficient (Wildman–Crippen LogP) is 3.63. The Morgan fingerprint density at radius 2 is 1.97 bits per heavy atom. The van der Waals surface area contributed by atoms with Crippen molar-refractivity contribution in [2.45, 2.75) is 19.6 Å². The first-order valence-electron chi connectivity index (χ1n) is 9.10. The fraction of sp³-hybridized carbons (Fsp3) is 0.421. The van der Waals surface area contributed by atoms with Gasteiger partial charge in [-0.15, -0.1) is 24.0 Å². The van der Waals surface area contributed by atoms with E-state index in [1.807, 2.05) is 43.1 Å². The largest absolute Gasteiger partial charge is 0.496 e. The number of nitrogens with zero attached hydrogens (tertiary/aromatic N) is 4. The first-order valence-corrected chi connectivity index (χ1v) is 9.10. The van der Waals surface area contributed by atoms with Crippen molar-refractivity contribution in [3.05, 3.63) is 47.8 Å². The number of aliphatic imine (C=N–C) groups is 1. The van der Waals surface area contributed by atoms with Crippen LogP contribution in [0.4, 0.5) is 19.1 Å². The van der Waals surface area contributed by atoms with E-state index in [2.05, 4.69) is 25.6 Å². The molecule has 2 N–H and O–H groups in total. The van der Waals surface area contributed by atoms with E-state index in [4.69, 9.17) is 4.74 Å². The molecule has 1 aromatic heterocycles. The summed E-state index contributed by atoms with van der Waals surface area (Å²) >= 11 is 0. The molecule has 0 spiro atoms. The molecule has 0 saturated carbocycles. The number of ether oxygens (including phenoxy) is 1. The Morgan fingerprint density at radius 3 is 2.63 bits per heavy atom. The second-order valence-corrected chi connectivity index (χ2v) is 6.09. The number of anilines is 1.